The Hall–Kier alpha value is -3.52. The average Bonchev–Trinajstić information content (AvgIpc) is 3.17. The quantitative estimate of drug-likeness (QED) is 0.372. The zero-order valence-corrected chi connectivity index (χ0v) is 18.1. The first kappa shape index (κ1) is 20.7. The van der Waals surface area contributed by atoms with Crippen LogP contribution in [0.2, 0.25) is 0 Å². The topological polar surface area (TPSA) is 71.3 Å². The Bertz CT molecular complexity index is 1250. The SMILES string of the molecule is C=CCNC(=O)c1ccc(CNc2cc(-c3ccccc3F)nc3c(Br)cnn23)cc1. The summed E-state index contributed by atoms with van der Waals surface area (Å²) in [7, 11) is 0. The van der Waals surface area contributed by atoms with Crippen molar-refractivity contribution < 1.29 is 9.18 Å². The van der Waals surface area contributed by atoms with Crippen molar-refractivity contribution in [1.82, 2.24) is 19.9 Å². The second-order valence-electron chi connectivity index (χ2n) is 6.78. The first-order chi connectivity index (χ1) is 15.1. The van der Waals surface area contributed by atoms with Crippen LogP contribution in [-0.2, 0) is 6.54 Å². The molecule has 2 heterocycles. The van der Waals surface area contributed by atoms with E-state index < -0.39 is 0 Å². The molecule has 156 valence electrons. The molecule has 1 amide bonds. The zero-order chi connectivity index (χ0) is 21.8. The van der Waals surface area contributed by atoms with E-state index in [0.29, 0.717) is 45.8 Å². The number of nitrogens with zero attached hydrogens (tertiary/aromatic N) is 3. The molecule has 0 aliphatic heterocycles. The van der Waals surface area contributed by atoms with Crippen molar-refractivity contribution in [2.45, 2.75) is 6.54 Å². The number of halogens is 2. The van der Waals surface area contributed by atoms with Gasteiger partial charge in [0, 0.05) is 30.3 Å². The van der Waals surface area contributed by atoms with Crippen molar-refractivity contribution in [3.8, 4) is 11.3 Å². The number of carbonyl (C=O) groups excluding carboxylic acids is 1. The predicted octanol–water partition coefficient (Wildman–Crippen LogP) is 4.83. The van der Waals surface area contributed by atoms with Crippen molar-refractivity contribution >= 4 is 33.3 Å². The summed E-state index contributed by atoms with van der Waals surface area (Å²) in [6.45, 7) is 4.50. The molecule has 0 saturated heterocycles. The van der Waals surface area contributed by atoms with Crippen LogP contribution >= 0.6 is 15.9 Å². The predicted molar refractivity (Wildman–Crippen MR) is 122 cm³/mol. The van der Waals surface area contributed by atoms with Crippen LogP contribution in [0.4, 0.5) is 10.2 Å². The maximum Gasteiger partial charge on any atom is 0.251 e. The second kappa shape index (κ2) is 9.09. The largest absolute Gasteiger partial charge is 0.366 e. The Morgan fingerprint density at radius 3 is 2.71 bits per heavy atom. The molecule has 4 rings (SSSR count). The maximum atomic E-state index is 14.3. The lowest BCUT2D eigenvalue weighted by atomic mass is 10.1. The molecule has 0 spiro atoms. The van der Waals surface area contributed by atoms with Crippen molar-refractivity contribution in [3.05, 3.63) is 94.9 Å². The highest BCUT2D eigenvalue weighted by Crippen LogP contribution is 2.27. The highest BCUT2D eigenvalue weighted by Gasteiger charge is 2.14. The second-order valence-corrected chi connectivity index (χ2v) is 7.64. The Morgan fingerprint density at radius 2 is 1.97 bits per heavy atom. The first-order valence-corrected chi connectivity index (χ1v) is 10.4. The number of rotatable bonds is 7. The fourth-order valence-electron chi connectivity index (χ4n) is 3.10. The minimum Gasteiger partial charge on any atom is -0.366 e. The van der Waals surface area contributed by atoms with Gasteiger partial charge in [-0.3, -0.25) is 4.79 Å². The van der Waals surface area contributed by atoms with E-state index in [-0.39, 0.29) is 11.7 Å². The summed E-state index contributed by atoms with van der Waals surface area (Å²) in [4.78, 5) is 16.6. The molecule has 0 radical (unpaired) electrons. The molecule has 6 nitrogen and oxygen atoms in total. The summed E-state index contributed by atoms with van der Waals surface area (Å²) in [5.74, 6) is 0.180. The van der Waals surface area contributed by atoms with E-state index in [1.165, 1.54) is 6.07 Å². The van der Waals surface area contributed by atoms with E-state index in [0.717, 1.165) is 5.56 Å². The molecule has 31 heavy (non-hydrogen) atoms. The van der Waals surface area contributed by atoms with Crippen LogP contribution in [0.5, 0.6) is 0 Å². The van der Waals surface area contributed by atoms with Gasteiger partial charge in [0.05, 0.1) is 16.4 Å². The molecule has 4 aromatic rings. The third-order valence-electron chi connectivity index (χ3n) is 4.68. The molecule has 2 aromatic heterocycles. The molecule has 0 unspecified atom stereocenters. The lowest BCUT2D eigenvalue weighted by molar-refractivity contribution is 0.0958. The summed E-state index contributed by atoms with van der Waals surface area (Å²) < 4.78 is 16.7. The van der Waals surface area contributed by atoms with Crippen molar-refractivity contribution in [3.63, 3.8) is 0 Å². The van der Waals surface area contributed by atoms with Crippen molar-refractivity contribution in [2.75, 3.05) is 11.9 Å². The smallest absolute Gasteiger partial charge is 0.251 e. The van der Waals surface area contributed by atoms with E-state index in [2.05, 4.69) is 43.2 Å². The number of amides is 1. The molecule has 0 aliphatic rings. The number of nitrogens with one attached hydrogen (secondary N) is 2. The van der Waals surface area contributed by atoms with Gasteiger partial charge in [-0.15, -0.1) is 6.58 Å². The van der Waals surface area contributed by atoms with Crippen LogP contribution in [0.3, 0.4) is 0 Å². The van der Waals surface area contributed by atoms with Crippen LogP contribution < -0.4 is 10.6 Å². The highest BCUT2D eigenvalue weighted by molar-refractivity contribution is 9.10. The fraction of sp³-hybridized carbons (Fsp3) is 0.0870. The standard InChI is InChI=1S/C23H19BrFN5O/c1-2-11-26-23(31)16-9-7-15(8-10-16)13-27-21-12-20(17-5-3-4-6-19(17)25)29-22-18(24)14-28-30(21)22/h2-10,12,14,27H,1,11,13H2,(H,26,31). The van der Waals surface area contributed by atoms with Gasteiger partial charge in [0.25, 0.3) is 5.91 Å². The van der Waals surface area contributed by atoms with Crippen molar-refractivity contribution in [1.29, 1.82) is 0 Å². The molecule has 0 fully saturated rings. The van der Waals surface area contributed by atoms with Gasteiger partial charge < -0.3 is 10.6 Å². The lowest BCUT2D eigenvalue weighted by Crippen LogP contribution is -2.23. The normalized spacial score (nSPS) is 10.8. The summed E-state index contributed by atoms with van der Waals surface area (Å²) in [6, 6.07) is 15.6. The Balaban J connectivity index is 1.59. The zero-order valence-electron chi connectivity index (χ0n) is 16.5. The molecular weight excluding hydrogens is 461 g/mol. The molecule has 2 N–H and O–H groups in total. The van der Waals surface area contributed by atoms with Crippen LogP contribution in [0, 0.1) is 5.82 Å². The number of hydrogen-bond donors (Lipinski definition) is 2. The third-order valence-corrected chi connectivity index (χ3v) is 5.23. The van der Waals surface area contributed by atoms with Gasteiger partial charge in [0.1, 0.15) is 11.6 Å². The maximum absolute atomic E-state index is 14.3. The molecular formula is C23H19BrFN5O. The molecule has 0 bridgehead atoms. The van der Waals surface area contributed by atoms with Crippen molar-refractivity contribution in [2.24, 2.45) is 0 Å². The van der Waals surface area contributed by atoms with E-state index in [4.69, 9.17) is 0 Å². The minimum atomic E-state index is -0.341. The molecule has 0 saturated carbocycles. The number of fused-ring (bicyclic) bond motifs is 1. The van der Waals surface area contributed by atoms with Crippen LogP contribution in [-0.4, -0.2) is 27.0 Å². The van der Waals surface area contributed by atoms with E-state index in [1.54, 1.807) is 53.2 Å². The molecule has 0 atom stereocenters. The van der Waals surface area contributed by atoms with Gasteiger partial charge in [-0.1, -0.05) is 30.3 Å². The van der Waals surface area contributed by atoms with E-state index in [9.17, 15) is 9.18 Å². The first-order valence-electron chi connectivity index (χ1n) is 9.58. The van der Waals surface area contributed by atoms with Gasteiger partial charge in [-0.25, -0.2) is 9.37 Å². The summed E-state index contributed by atoms with van der Waals surface area (Å²) in [5, 5.41) is 10.4. The van der Waals surface area contributed by atoms with Gasteiger partial charge >= 0.3 is 0 Å². The molecule has 0 aliphatic carbocycles. The van der Waals surface area contributed by atoms with Crippen LogP contribution in [0.25, 0.3) is 16.9 Å². The third kappa shape index (κ3) is 4.49. The number of carbonyl (C=O) groups is 1. The summed E-state index contributed by atoms with van der Waals surface area (Å²) in [6.07, 6.45) is 3.28. The minimum absolute atomic E-state index is 0.147. The highest BCUT2D eigenvalue weighted by atomic mass is 79.9. The van der Waals surface area contributed by atoms with Gasteiger partial charge in [0.15, 0.2) is 5.65 Å². The van der Waals surface area contributed by atoms with Crippen LogP contribution in [0.15, 0.2) is 77.9 Å². The number of benzene rings is 2. The number of aromatic nitrogens is 3. The molecule has 8 heteroatoms. The number of hydrogen-bond acceptors (Lipinski definition) is 4. The van der Waals surface area contributed by atoms with Gasteiger partial charge in [-0.05, 0) is 45.8 Å². The Kier molecular flexibility index (Phi) is 6.08. The fourth-order valence-corrected chi connectivity index (χ4v) is 3.45. The van der Waals surface area contributed by atoms with Gasteiger partial charge in [0.2, 0.25) is 0 Å². The Labute approximate surface area is 187 Å². The van der Waals surface area contributed by atoms with Gasteiger partial charge in [-0.2, -0.15) is 9.61 Å². The lowest BCUT2D eigenvalue weighted by Gasteiger charge is -2.12. The van der Waals surface area contributed by atoms with E-state index >= 15 is 0 Å². The summed E-state index contributed by atoms with van der Waals surface area (Å²) >= 11 is 3.45. The van der Waals surface area contributed by atoms with E-state index in [1.807, 2.05) is 12.1 Å². The number of anilines is 1. The monoisotopic (exact) mass is 479 g/mol. The molecule has 2 aromatic carbocycles. The summed E-state index contributed by atoms with van der Waals surface area (Å²) in [5.41, 5.74) is 3.05. The Morgan fingerprint density at radius 1 is 1.19 bits per heavy atom. The van der Waals surface area contributed by atoms with Crippen LogP contribution in [0.1, 0.15) is 15.9 Å². The average molecular weight is 480 g/mol.